The second-order valence-corrected chi connectivity index (χ2v) is 3.55. The van der Waals surface area contributed by atoms with E-state index in [0.717, 1.165) is 16.3 Å². The average Bonchev–Trinajstić information content (AvgIpc) is 2.29. The van der Waals surface area contributed by atoms with Crippen LogP contribution in [-0.2, 0) is 0 Å². The first kappa shape index (κ1) is 10.9. The Kier molecular flexibility index (Phi) is 2.91. The zero-order valence-corrected chi connectivity index (χ0v) is 9.05. The highest BCUT2D eigenvalue weighted by molar-refractivity contribution is 6.03. The summed E-state index contributed by atoms with van der Waals surface area (Å²) < 4.78 is 0. The minimum absolute atomic E-state index is 0.588. The highest BCUT2D eigenvalue weighted by atomic mass is 16.2. The number of nitrogens with two attached hydrogens (primary N) is 2. The molecule has 2 aromatic rings. The maximum absolute atomic E-state index is 10.9. The molecule has 2 rings (SSSR count). The predicted octanol–water partition coefficient (Wildman–Crippen LogP) is 1.62. The molecule has 5 heteroatoms. The van der Waals surface area contributed by atoms with Crippen LogP contribution >= 0.6 is 0 Å². The average molecular weight is 228 g/mol. The zero-order chi connectivity index (χ0) is 12.3. The Balaban J connectivity index is 2.59. The molecule has 2 aromatic carbocycles. The second kappa shape index (κ2) is 4.52. The third-order valence-electron chi connectivity index (χ3n) is 2.39. The van der Waals surface area contributed by atoms with E-state index in [4.69, 9.17) is 11.6 Å². The molecular formula is C12H12N4O. The lowest BCUT2D eigenvalue weighted by atomic mass is 10.1. The topological polar surface area (TPSA) is 93.5 Å². The van der Waals surface area contributed by atoms with Crippen molar-refractivity contribution in [2.24, 2.45) is 16.7 Å². The highest BCUT2D eigenvalue weighted by Crippen LogP contribution is 2.24. The summed E-state index contributed by atoms with van der Waals surface area (Å²) in [4.78, 5) is 10.9. The number of hydrazone groups is 1. The van der Waals surface area contributed by atoms with E-state index in [-0.39, 0.29) is 0 Å². The first-order chi connectivity index (χ1) is 8.20. The number of carbonyl (C=O) groups excluding carboxylic acids is 1. The van der Waals surface area contributed by atoms with Crippen LogP contribution in [0.15, 0.2) is 41.5 Å². The molecule has 0 spiro atoms. The summed E-state index contributed by atoms with van der Waals surface area (Å²) in [5, 5.41) is 7.94. The Morgan fingerprint density at radius 3 is 2.82 bits per heavy atom. The first-order valence-corrected chi connectivity index (χ1v) is 5.03. The molecule has 0 aliphatic carbocycles. The van der Waals surface area contributed by atoms with Crippen LogP contribution in [-0.4, -0.2) is 12.2 Å². The van der Waals surface area contributed by atoms with E-state index < -0.39 is 6.03 Å². The van der Waals surface area contributed by atoms with Gasteiger partial charge < -0.3 is 16.9 Å². The summed E-state index contributed by atoms with van der Waals surface area (Å²) in [6.07, 6.45) is 1.54. The third-order valence-corrected chi connectivity index (χ3v) is 2.39. The van der Waals surface area contributed by atoms with Crippen molar-refractivity contribution in [3.8, 4) is 0 Å². The van der Waals surface area contributed by atoms with Crippen LogP contribution in [0.3, 0.4) is 0 Å². The quantitative estimate of drug-likeness (QED) is 0.414. The van der Waals surface area contributed by atoms with Crippen molar-refractivity contribution in [3.63, 3.8) is 0 Å². The highest BCUT2D eigenvalue weighted by Gasteiger charge is 2.03. The van der Waals surface area contributed by atoms with Gasteiger partial charge in [0.2, 0.25) is 0 Å². The van der Waals surface area contributed by atoms with Crippen molar-refractivity contribution in [2.75, 3.05) is 5.32 Å². The van der Waals surface area contributed by atoms with Gasteiger partial charge in [0.15, 0.2) is 0 Å². The van der Waals surface area contributed by atoms with Crippen molar-refractivity contribution in [2.45, 2.75) is 0 Å². The number of hydrogen-bond acceptors (Lipinski definition) is 3. The Labute approximate surface area is 98.1 Å². The molecule has 5 N–H and O–H groups in total. The molecule has 0 unspecified atom stereocenters. The molecule has 0 saturated heterocycles. The number of amides is 2. The number of hydrogen-bond donors (Lipinski definition) is 3. The molecule has 0 aliphatic heterocycles. The standard InChI is InChI=1S/C12H12N4O/c13-12(17)16-11-3-1-2-9-5-4-8(7-15-14)6-10(9)11/h1-7H,14H2,(H3,13,16,17). The fraction of sp³-hybridized carbons (Fsp3) is 0. The minimum atomic E-state index is -0.588. The molecule has 0 heterocycles. The van der Waals surface area contributed by atoms with E-state index in [1.807, 2.05) is 30.3 Å². The van der Waals surface area contributed by atoms with E-state index in [0.29, 0.717) is 5.69 Å². The molecular weight excluding hydrogens is 216 g/mol. The fourth-order valence-corrected chi connectivity index (χ4v) is 1.70. The number of anilines is 1. The number of nitrogens with one attached hydrogen (secondary N) is 1. The molecule has 2 amide bonds. The number of urea groups is 1. The lowest BCUT2D eigenvalue weighted by molar-refractivity contribution is 0.259. The molecule has 5 nitrogen and oxygen atoms in total. The molecule has 86 valence electrons. The molecule has 17 heavy (non-hydrogen) atoms. The first-order valence-electron chi connectivity index (χ1n) is 5.03. The van der Waals surface area contributed by atoms with Gasteiger partial charge in [0, 0.05) is 5.39 Å². The van der Waals surface area contributed by atoms with Gasteiger partial charge in [0.25, 0.3) is 0 Å². The smallest absolute Gasteiger partial charge is 0.316 e. The summed E-state index contributed by atoms with van der Waals surface area (Å²) in [6, 6.07) is 10.7. The molecule has 0 fully saturated rings. The zero-order valence-electron chi connectivity index (χ0n) is 9.05. The van der Waals surface area contributed by atoms with Gasteiger partial charge in [-0.3, -0.25) is 0 Å². The Morgan fingerprint density at radius 1 is 1.29 bits per heavy atom. The molecule has 0 radical (unpaired) electrons. The molecule has 0 bridgehead atoms. The number of carbonyl (C=O) groups is 1. The van der Waals surface area contributed by atoms with Crippen LogP contribution in [0.25, 0.3) is 10.8 Å². The van der Waals surface area contributed by atoms with Crippen molar-refractivity contribution < 1.29 is 4.79 Å². The summed E-state index contributed by atoms with van der Waals surface area (Å²) in [6.45, 7) is 0. The second-order valence-electron chi connectivity index (χ2n) is 3.55. The van der Waals surface area contributed by atoms with Gasteiger partial charge in [-0.15, -0.1) is 0 Å². The van der Waals surface area contributed by atoms with Gasteiger partial charge in [-0.1, -0.05) is 24.3 Å². The van der Waals surface area contributed by atoms with Crippen LogP contribution in [0.4, 0.5) is 10.5 Å². The largest absolute Gasteiger partial charge is 0.351 e. The van der Waals surface area contributed by atoms with Crippen molar-refractivity contribution in [1.29, 1.82) is 0 Å². The number of primary amides is 1. The molecule has 0 atom stereocenters. The van der Waals surface area contributed by atoms with Crippen LogP contribution < -0.4 is 16.9 Å². The van der Waals surface area contributed by atoms with Gasteiger partial charge in [0.05, 0.1) is 11.9 Å². The summed E-state index contributed by atoms with van der Waals surface area (Å²) in [5.41, 5.74) is 6.64. The molecule has 0 aliphatic rings. The maximum atomic E-state index is 10.9. The van der Waals surface area contributed by atoms with Crippen LogP contribution in [0, 0.1) is 0 Å². The van der Waals surface area contributed by atoms with Gasteiger partial charge in [0.1, 0.15) is 0 Å². The van der Waals surface area contributed by atoms with Crippen molar-refractivity contribution >= 4 is 28.7 Å². The fourth-order valence-electron chi connectivity index (χ4n) is 1.70. The Morgan fingerprint density at radius 2 is 2.12 bits per heavy atom. The van der Waals surface area contributed by atoms with Crippen LogP contribution in [0.2, 0.25) is 0 Å². The lowest BCUT2D eigenvalue weighted by Gasteiger charge is -2.07. The summed E-state index contributed by atoms with van der Waals surface area (Å²) >= 11 is 0. The van der Waals surface area contributed by atoms with E-state index in [2.05, 4.69) is 10.4 Å². The van der Waals surface area contributed by atoms with E-state index in [1.54, 1.807) is 12.3 Å². The van der Waals surface area contributed by atoms with Gasteiger partial charge in [-0.2, -0.15) is 5.10 Å². The van der Waals surface area contributed by atoms with Gasteiger partial charge in [-0.05, 0) is 23.1 Å². The monoisotopic (exact) mass is 228 g/mol. The lowest BCUT2D eigenvalue weighted by Crippen LogP contribution is -2.19. The van der Waals surface area contributed by atoms with E-state index in [9.17, 15) is 4.79 Å². The van der Waals surface area contributed by atoms with Gasteiger partial charge >= 0.3 is 6.03 Å². The third kappa shape index (κ3) is 2.34. The normalized spacial score (nSPS) is 10.8. The van der Waals surface area contributed by atoms with Crippen LogP contribution in [0.1, 0.15) is 5.56 Å². The predicted molar refractivity (Wildman–Crippen MR) is 68.9 cm³/mol. The van der Waals surface area contributed by atoms with Crippen LogP contribution in [0.5, 0.6) is 0 Å². The summed E-state index contributed by atoms with van der Waals surface area (Å²) in [7, 11) is 0. The van der Waals surface area contributed by atoms with Gasteiger partial charge in [-0.25, -0.2) is 4.79 Å². The maximum Gasteiger partial charge on any atom is 0.316 e. The number of benzene rings is 2. The number of nitrogens with zero attached hydrogens (tertiary/aromatic N) is 1. The SMILES string of the molecule is NN=Cc1ccc2cccc(NC(N)=O)c2c1. The Hall–Kier alpha value is -2.56. The minimum Gasteiger partial charge on any atom is -0.351 e. The molecule has 0 aromatic heterocycles. The van der Waals surface area contributed by atoms with Crippen molar-refractivity contribution in [3.05, 3.63) is 42.0 Å². The summed E-state index contributed by atoms with van der Waals surface area (Å²) in [5.74, 6) is 5.10. The molecule has 0 saturated carbocycles. The van der Waals surface area contributed by atoms with E-state index in [1.165, 1.54) is 0 Å². The number of rotatable bonds is 2. The van der Waals surface area contributed by atoms with Crippen molar-refractivity contribution in [1.82, 2.24) is 0 Å². The number of fused-ring (bicyclic) bond motifs is 1. The van der Waals surface area contributed by atoms with E-state index >= 15 is 0 Å². The Bertz CT molecular complexity index is 592.